The number of amides is 1. The summed E-state index contributed by atoms with van der Waals surface area (Å²) in [6, 6.07) is 9.47. The predicted molar refractivity (Wildman–Crippen MR) is 95.1 cm³/mol. The molecule has 6 nitrogen and oxygen atoms in total. The van der Waals surface area contributed by atoms with Gasteiger partial charge in [0, 0.05) is 18.1 Å². The van der Waals surface area contributed by atoms with E-state index in [4.69, 9.17) is 0 Å². The number of aromatic nitrogens is 3. The zero-order chi connectivity index (χ0) is 16.8. The number of unbranched alkanes of at least 4 members (excludes halogenated alkanes) is 1. The standard InChI is InChI=1S/C18H19N5O/c1-2-3-9-19-16-12-21-15(11-22-16)18(24)23-14-8-4-6-13-7-5-10-20-17(13)14/h4-8,10-12H,2-3,9H2,1H3,(H,19,22)(H,23,24). The molecule has 1 amide bonds. The van der Waals surface area contributed by atoms with Crippen LogP contribution in [0.15, 0.2) is 48.9 Å². The fourth-order valence-corrected chi connectivity index (χ4v) is 2.32. The van der Waals surface area contributed by atoms with Crippen LogP contribution >= 0.6 is 0 Å². The van der Waals surface area contributed by atoms with Crippen molar-refractivity contribution in [3.63, 3.8) is 0 Å². The lowest BCUT2D eigenvalue weighted by Gasteiger charge is -2.08. The number of para-hydroxylation sites is 1. The fraction of sp³-hybridized carbons (Fsp3) is 0.222. The van der Waals surface area contributed by atoms with E-state index in [1.54, 1.807) is 12.4 Å². The molecule has 0 fully saturated rings. The molecule has 3 rings (SSSR count). The fourth-order valence-electron chi connectivity index (χ4n) is 2.32. The van der Waals surface area contributed by atoms with Gasteiger partial charge in [-0.25, -0.2) is 9.97 Å². The SMILES string of the molecule is CCCCNc1cnc(C(=O)Nc2cccc3cccnc23)cn1. The number of hydrogen-bond acceptors (Lipinski definition) is 5. The molecule has 6 heteroatoms. The Kier molecular flexibility index (Phi) is 4.96. The van der Waals surface area contributed by atoms with Crippen LogP contribution < -0.4 is 10.6 Å². The lowest BCUT2D eigenvalue weighted by Crippen LogP contribution is -2.15. The molecule has 2 aromatic heterocycles. The van der Waals surface area contributed by atoms with Crippen LogP contribution in [0.5, 0.6) is 0 Å². The second-order valence-electron chi connectivity index (χ2n) is 5.40. The molecule has 0 bridgehead atoms. The van der Waals surface area contributed by atoms with Crippen LogP contribution in [-0.2, 0) is 0 Å². The monoisotopic (exact) mass is 321 g/mol. The number of nitrogens with one attached hydrogen (secondary N) is 2. The number of carbonyl (C=O) groups excluding carboxylic acids is 1. The predicted octanol–water partition coefficient (Wildman–Crippen LogP) is 3.49. The molecule has 0 aliphatic carbocycles. The highest BCUT2D eigenvalue weighted by atomic mass is 16.1. The molecule has 2 heterocycles. The summed E-state index contributed by atoms with van der Waals surface area (Å²) in [4.78, 5) is 25.1. The molecule has 0 spiro atoms. The third-order valence-corrected chi connectivity index (χ3v) is 3.60. The van der Waals surface area contributed by atoms with Crippen LogP contribution in [0.25, 0.3) is 10.9 Å². The maximum Gasteiger partial charge on any atom is 0.275 e. The van der Waals surface area contributed by atoms with Crippen molar-refractivity contribution < 1.29 is 4.79 Å². The second kappa shape index (κ2) is 7.50. The molecule has 2 N–H and O–H groups in total. The van der Waals surface area contributed by atoms with Gasteiger partial charge in [0.05, 0.1) is 23.6 Å². The van der Waals surface area contributed by atoms with Gasteiger partial charge in [-0.1, -0.05) is 31.5 Å². The van der Waals surface area contributed by atoms with E-state index in [-0.39, 0.29) is 11.6 Å². The summed E-state index contributed by atoms with van der Waals surface area (Å²) in [5.74, 6) is 0.368. The average Bonchev–Trinajstić information content (AvgIpc) is 2.63. The van der Waals surface area contributed by atoms with E-state index in [1.807, 2.05) is 30.3 Å². The first kappa shape index (κ1) is 15.9. The van der Waals surface area contributed by atoms with Crippen molar-refractivity contribution in [2.24, 2.45) is 0 Å². The van der Waals surface area contributed by atoms with Gasteiger partial charge in [-0.3, -0.25) is 9.78 Å². The molecule has 0 saturated carbocycles. The smallest absolute Gasteiger partial charge is 0.275 e. The van der Waals surface area contributed by atoms with Crippen molar-refractivity contribution in [2.45, 2.75) is 19.8 Å². The molecule has 122 valence electrons. The summed E-state index contributed by atoms with van der Waals surface area (Å²) in [5.41, 5.74) is 1.67. The Hall–Kier alpha value is -3.02. The summed E-state index contributed by atoms with van der Waals surface area (Å²) in [6.07, 6.45) is 6.93. The van der Waals surface area contributed by atoms with Crippen molar-refractivity contribution in [3.8, 4) is 0 Å². The highest BCUT2D eigenvalue weighted by molar-refractivity contribution is 6.07. The summed E-state index contributed by atoms with van der Waals surface area (Å²) >= 11 is 0. The number of nitrogens with zero attached hydrogens (tertiary/aromatic N) is 3. The first-order valence-electron chi connectivity index (χ1n) is 7.99. The number of benzene rings is 1. The third kappa shape index (κ3) is 3.65. The summed E-state index contributed by atoms with van der Waals surface area (Å²) in [5, 5.41) is 6.99. The van der Waals surface area contributed by atoms with Crippen molar-refractivity contribution in [1.82, 2.24) is 15.0 Å². The van der Waals surface area contributed by atoms with Crippen LogP contribution in [0.4, 0.5) is 11.5 Å². The minimum atomic E-state index is -0.305. The van der Waals surface area contributed by atoms with Gasteiger partial charge in [0.25, 0.3) is 5.91 Å². The van der Waals surface area contributed by atoms with Gasteiger partial charge in [-0.05, 0) is 18.6 Å². The van der Waals surface area contributed by atoms with E-state index in [0.29, 0.717) is 11.5 Å². The van der Waals surface area contributed by atoms with Crippen LogP contribution in [0.3, 0.4) is 0 Å². The quantitative estimate of drug-likeness (QED) is 0.679. The first-order valence-corrected chi connectivity index (χ1v) is 7.99. The van der Waals surface area contributed by atoms with Gasteiger partial charge >= 0.3 is 0 Å². The second-order valence-corrected chi connectivity index (χ2v) is 5.40. The number of hydrogen-bond donors (Lipinski definition) is 2. The normalized spacial score (nSPS) is 10.5. The summed E-state index contributed by atoms with van der Waals surface area (Å²) < 4.78 is 0. The van der Waals surface area contributed by atoms with Gasteiger partial charge in [0.1, 0.15) is 11.5 Å². The number of fused-ring (bicyclic) bond motifs is 1. The van der Waals surface area contributed by atoms with E-state index in [1.165, 1.54) is 6.20 Å². The third-order valence-electron chi connectivity index (χ3n) is 3.60. The Morgan fingerprint density at radius 2 is 1.96 bits per heavy atom. The van der Waals surface area contributed by atoms with E-state index in [9.17, 15) is 4.79 Å². The zero-order valence-corrected chi connectivity index (χ0v) is 13.5. The molecule has 3 aromatic rings. The summed E-state index contributed by atoms with van der Waals surface area (Å²) in [6.45, 7) is 2.97. The highest BCUT2D eigenvalue weighted by Gasteiger charge is 2.10. The van der Waals surface area contributed by atoms with Crippen LogP contribution in [0.2, 0.25) is 0 Å². The molecular formula is C18H19N5O. The minimum absolute atomic E-state index is 0.268. The summed E-state index contributed by atoms with van der Waals surface area (Å²) in [7, 11) is 0. The van der Waals surface area contributed by atoms with E-state index >= 15 is 0 Å². The molecule has 1 aromatic carbocycles. The number of anilines is 2. The van der Waals surface area contributed by atoms with Gasteiger partial charge < -0.3 is 10.6 Å². The van der Waals surface area contributed by atoms with Crippen molar-refractivity contribution in [3.05, 3.63) is 54.6 Å². The topological polar surface area (TPSA) is 79.8 Å². The largest absolute Gasteiger partial charge is 0.369 e. The Morgan fingerprint density at radius 1 is 1.08 bits per heavy atom. The molecule has 0 radical (unpaired) electrons. The molecule has 24 heavy (non-hydrogen) atoms. The van der Waals surface area contributed by atoms with Crippen LogP contribution in [0, 0.1) is 0 Å². The minimum Gasteiger partial charge on any atom is -0.369 e. The maximum absolute atomic E-state index is 12.4. The molecule has 0 aliphatic rings. The first-order chi connectivity index (χ1) is 11.8. The molecule has 0 saturated heterocycles. The Bertz CT molecular complexity index is 827. The molecule has 0 atom stereocenters. The Balaban J connectivity index is 1.72. The molecule has 0 aliphatic heterocycles. The van der Waals surface area contributed by atoms with Crippen LogP contribution in [0.1, 0.15) is 30.3 Å². The zero-order valence-electron chi connectivity index (χ0n) is 13.5. The number of rotatable bonds is 6. The van der Waals surface area contributed by atoms with E-state index in [0.717, 1.165) is 30.3 Å². The van der Waals surface area contributed by atoms with Crippen molar-refractivity contribution >= 4 is 28.3 Å². The Morgan fingerprint density at radius 3 is 2.75 bits per heavy atom. The number of carbonyl (C=O) groups is 1. The van der Waals surface area contributed by atoms with E-state index in [2.05, 4.69) is 32.5 Å². The van der Waals surface area contributed by atoms with Crippen molar-refractivity contribution in [2.75, 3.05) is 17.2 Å². The van der Waals surface area contributed by atoms with Crippen LogP contribution in [-0.4, -0.2) is 27.4 Å². The number of pyridine rings is 1. The maximum atomic E-state index is 12.4. The van der Waals surface area contributed by atoms with Gasteiger partial charge in [-0.15, -0.1) is 0 Å². The molecular weight excluding hydrogens is 302 g/mol. The lowest BCUT2D eigenvalue weighted by molar-refractivity contribution is 0.102. The van der Waals surface area contributed by atoms with Crippen molar-refractivity contribution in [1.29, 1.82) is 0 Å². The Labute approximate surface area is 140 Å². The van der Waals surface area contributed by atoms with Gasteiger partial charge in [-0.2, -0.15) is 0 Å². The molecule has 0 unspecified atom stereocenters. The lowest BCUT2D eigenvalue weighted by atomic mass is 10.2. The average molecular weight is 321 g/mol. The van der Waals surface area contributed by atoms with Gasteiger partial charge in [0.15, 0.2) is 0 Å². The van der Waals surface area contributed by atoms with Gasteiger partial charge in [0.2, 0.25) is 0 Å². The highest BCUT2D eigenvalue weighted by Crippen LogP contribution is 2.21. The van der Waals surface area contributed by atoms with E-state index < -0.39 is 0 Å².